The van der Waals surface area contributed by atoms with Gasteiger partial charge in [-0.2, -0.15) is 0 Å². The highest BCUT2D eigenvalue weighted by Crippen LogP contribution is 2.08. The van der Waals surface area contributed by atoms with Crippen LogP contribution < -0.4 is 5.32 Å². The number of hydrogen-bond acceptors (Lipinski definition) is 4. The first-order valence-electron chi connectivity index (χ1n) is 7.09. The van der Waals surface area contributed by atoms with Crippen LogP contribution in [-0.2, 0) is 14.9 Å². The van der Waals surface area contributed by atoms with Gasteiger partial charge in [-0.05, 0) is 26.0 Å². The fourth-order valence-electron chi connectivity index (χ4n) is 1.36. The first-order valence-corrected chi connectivity index (χ1v) is 8.50. The maximum Gasteiger partial charge on any atom is 0.246 e. The van der Waals surface area contributed by atoms with E-state index < -0.39 is 10.1 Å². The van der Waals surface area contributed by atoms with E-state index in [4.69, 9.17) is 0 Å². The van der Waals surface area contributed by atoms with Crippen LogP contribution in [0.25, 0.3) is 0 Å². The Kier molecular flexibility index (Phi) is 8.16. The number of carbonyl (C=O) groups excluding carboxylic acids is 1. The Bertz CT molecular complexity index is 629. The lowest BCUT2D eigenvalue weighted by Crippen LogP contribution is -2.41. The molecule has 0 saturated carbocycles. The predicted molar refractivity (Wildman–Crippen MR) is 89.9 cm³/mol. The third kappa shape index (κ3) is 10.6. The molecule has 0 saturated heterocycles. The van der Waals surface area contributed by atoms with Gasteiger partial charge in [-0.25, -0.2) is 8.42 Å². The molecule has 7 heteroatoms. The minimum atomic E-state index is -4.27. The average molecular weight is 342 g/mol. The first kappa shape index (κ1) is 21.3. The summed E-state index contributed by atoms with van der Waals surface area (Å²) in [5.41, 5.74) is 1.49. The van der Waals surface area contributed by atoms with E-state index in [1.807, 2.05) is 6.92 Å². The van der Waals surface area contributed by atoms with Crippen LogP contribution in [-0.4, -0.2) is 57.6 Å². The quantitative estimate of drug-likeness (QED) is 0.496. The Morgan fingerprint density at radius 1 is 1.22 bits per heavy atom. The third-order valence-electron chi connectivity index (χ3n) is 2.77. The van der Waals surface area contributed by atoms with E-state index in [9.17, 15) is 17.8 Å². The molecule has 130 valence electrons. The van der Waals surface area contributed by atoms with Crippen molar-refractivity contribution >= 4 is 16.0 Å². The zero-order valence-electron chi connectivity index (χ0n) is 14.4. The van der Waals surface area contributed by atoms with E-state index in [1.165, 1.54) is 12.1 Å². The topological polar surface area (TPSA) is 86.3 Å². The van der Waals surface area contributed by atoms with Gasteiger partial charge in [-0.15, -0.1) is 0 Å². The molecule has 0 aliphatic heterocycles. The number of aryl methyl sites for hydroxylation is 1. The highest BCUT2D eigenvalue weighted by atomic mass is 32.2. The summed E-state index contributed by atoms with van der Waals surface area (Å²) >= 11 is 0. The maximum absolute atomic E-state index is 11.0. The molecule has 0 atom stereocenters. The van der Waals surface area contributed by atoms with Gasteiger partial charge < -0.3 is 14.4 Å². The van der Waals surface area contributed by atoms with Crippen LogP contribution >= 0.6 is 0 Å². The predicted octanol–water partition coefficient (Wildman–Crippen LogP) is 1.28. The number of quaternary nitrogens is 1. The molecule has 0 unspecified atom stereocenters. The van der Waals surface area contributed by atoms with Crippen molar-refractivity contribution in [2.75, 3.05) is 34.2 Å². The van der Waals surface area contributed by atoms with Crippen LogP contribution in [0.15, 0.2) is 41.3 Å². The number of amides is 1. The number of likely N-dealkylation sites (N-methyl/N-ethyl adjacent to an activating group) is 1. The van der Waals surface area contributed by atoms with Crippen molar-refractivity contribution in [2.24, 2.45) is 0 Å². The summed E-state index contributed by atoms with van der Waals surface area (Å²) in [4.78, 5) is 10.8. The fourth-order valence-corrected chi connectivity index (χ4v) is 1.83. The number of benzene rings is 1. The largest absolute Gasteiger partial charge is 0.744 e. The molecule has 0 aliphatic carbocycles. The zero-order chi connectivity index (χ0) is 18.3. The van der Waals surface area contributed by atoms with Crippen molar-refractivity contribution in [3.05, 3.63) is 42.0 Å². The van der Waals surface area contributed by atoms with Crippen LogP contribution in [0.3, 0.4) is 0 Å². The van der Waals surface area contributed by atoms with E-state index in [1.54, 1.807) is 19.1 Å². The molecule has 6 nitrogen and oxygen atoms in total. The Hall–Kier alpha value is -1.70. The molecule has 1 aromatic rings. The molecule has 1 N–H and O–H groups in total. The lowest BCUT2D eigenvalue weighted by molar-refractivity contribution is -0.869. The second kappa shape index (κ2) is 8.81. The van der Waals surface area contributed by atoms with Crippen molar-refractivity contribution in [1.82, 2.24) is 5.32 Å². The van der Waals surface area contributed by atoms with Crippen molar-refractivity contribution < 1.29 is 22.2 Å². The molecular formula is C16H26N2O4S. The van der Waals surface area contributed by atoms with Gasteiger partial charge in [-0.1, -0.05) is 24.3 Å². The van der Waals surface area contributed by atoms with Gasteiger partial charge in [0.15, 0.2) is 0 Å². The Balaban J connectivity index is 0.000000422. The molecule has 0 bridgehead atoms. The molecule has 0 aromatic heterocycles. The summed E-state index contributed by atoms with van der Waals surface area (Å²) < 4.78 is 32.0. The Labute approximate surface area is 139 Å². The van der Waals surface area contributed by atoms with Gasteiger partial charge in [0, 0.05) is 5.57 Å². The molecule has 1 aromatic carbocycles. The fraction of sp³-hybridized carbons (Fsp3) is 0.438. The van der Waals surface area contributed by atoms with Crippen molar-refractivity contribution in [1.29, 1.82) is 0 Å². The molecule has 0 radical (unpaired) electrons. The summed E-state index contributed by atoms with van der Waals surface area (Å²) in [5, 5.41) is 2.78. The normalized spacial score (nSPS) is 11.2. The molecule has 1 amide bonds. The van der Waals surface area contributed by atoms with Gasteiger partial charge >= 0.3 is 0 Å². The van der Waals surface area contributed by atoms with E-state index in [2.05, 4.69) is 33.0 Å². The van der Waals surface area contributed by atoms with E-state index in [0.717, 1.165) is 16.6 Å². The number of nitrogens with one attached hydrogen (secondary N) is 1. The standard InChI is InChI=1S/C9H18N2O.C7H8O3S/c1-8(2)9(12)10-6-7-11(3,4)5;1-6-2-4-7(5-3-6)11(8,9)10/h1,6-7H2,2-5H3;2-5H,1H3,(H,8,9,10). The average Bonchev–Trinajstić information content (AvgIpc) is 2.37. The maximum atomic E-state index is 11.0. The van der Waals surface area contributed by atoms with Crippen LogP contribution in [0, 0.1) is 6.92 Å². The summed E-state index contributed by atoms with van der Waals surface area (Å²) in [6.45, 7) is 8.72. The van der Waals surface area contributed by atoms with Crippen LogP contribution in [0.4, 0.5) is 0 Å². The molecular weight excluding hydrogens is 316 g/mol. The van der Waals surface area contributed by atoms with Crippen LogP contribution in [0.5, 0.6) is 0 Å². The summed E-state index contributed by atoms with van der Waals surface area (Å²) in [7, 11) is 2.00. The minimum absolute atomic E-state index is 0.0524. The monoisotopic (exact) mass is 342 g/mol. The van der Waals surface area contributed by atoms with Crippen molar-refractivity contribution in [3.8, 4) is 0 Å². The number of hydrogen-bond donors (Lipinski definition) is 1. The van der Waals surface area contributed by atoms with Crippen molar-refractivity contribution in [3.63, 3.8) is 0 Å². The smallest absolute Gasteiger partial charge is 0.246 e. The molecule has 1 rings (SSSR count). The van der Waals surface area contributed by atoms with E-state index >= 15 is 0 Å². The highest BCUT2D eigenvalue weighted by Gasteiger charge is 2.07. The molecule has 0 heterocycles. The highest BCUT2D eigenvalue weighted by molar-refractivity contribution is 7.85. The van der Waals surface area contributed by atoms with Crippen molar-refractivity contribution in [2.45, 2.75) is 18.7 Å². The van der Waals surface area contributed by atoms with Gasteiger partial charge in [0.25, 0.3) is 0 Å². The zero-order valence-corrected chi connectivity index (χ0v) is 15.2. The Morgan fingerprint density at radius 2 is 1.70 bits per heavy atom. The molecule has 0 aliphatic rings. The second-order valence-electron chi connectivity index (χ2n) is 6.32. The number of nitrogens with zero attached hydrogens (tertiary/aromatic N) is 1. The summed E-state index contributed by atoms with van der Waals surface area (Å²) in [6, 6.07) is 5.78. The lowest BCUT2D eigenvalue weighted by atomic mass is 10.2. The Morgan fingerprint density at radius 3 is 2.04 bits per heavy atom. The lowest BCUT2D eigenvalue weighted by Gasteiger charge is -2.23. The molecule has 0 fully saturated rings. The van der Waals surface area contributed by atoms with E-state index in [0.29, 0.717) is 12.1 Å². The van der Waals surface area contributed by atoms with Crippen LogP contribution in [0.2, 0.25) is 0 Å². The van der Waals surface area contributed by atoms with Gasteiger partial charge in [-0.3, -0.25) is 4.79 Å². The number of carbonyl (C=O) groups is 1. The first-order chi connectivity index (χ1) is 10.3. The second-order valence-corrected chi connectivity index (χ2v) is 7.70. The van der Waals surface area contributed by atoms with Gasteiger partial charge in [0.1, 0.15) is 10.1 Å². The number of rotatable bonds is 5. The molecule has 23 heavy (non-hydrogen) atoms. The third-order valence-corrected chi connectivity index (χ3v) is 3.61. The summed E-state index contributed by atoms with van der Waals surface area (Å²) in [6.07, 6.45) is 0. The SMILES string of the molecule is C=C(C)C(=O)NCC[N+](C)(C)C.Cc1ccc(S(=O)(=O)[O-])cc1. The molecule has 0 spiro atoms. The van der Waals surface area contributed by atoms with Gasteiger partial charge in [0.2, 0.25) is 5.91 Å². The van der Waals surface area contributed by atoms with Gasteiger partial charge in [0.05, 0.1) is 39.1 Å². The minimum Gasteiger partial charge on any atom is -0.744 e. The summed E-state index contributed by atoms with van der Waals surface area (Å²) in [5.74, 6) is -0.0524. The van der Waals surface area contributed by atoms with E-state index in [-0.39, 0.29) is 10.8 Å². The van der Waals surface area contributed by atoms with Crippen LogP contribution in [0.1, 0.15) is 12.5 Å².